The first kappa shape index (κ1) is 15.5. The zero-order chi connectivity index (χ0) is 16.6. The van der Waals surface area contributed by atoms with Gasteiger partial charge >= 0.3 is 0 Å². The van der Waals surface area contributed by atoms with Crippen molar-refractivity contribution in [2.24, 2.45) is 11.1 Å². The van der Waals surface area contributed by atoms with Gasteiger partial charge < -0.3 is 10.5 Å². The van der Waals surface area contributed by atoms with Gasteiger partial charge in [0.1, 0.15) is 0 Å². The van der Waals surface area contributed by atoms with E-state index < -0.39 is 0 Å². The number of carbonyl (C=O) groups is 3. The summed E-state index contributed by atoms with van der Waals surface area (Å²) in [6.07, 6.45) is 0.774. The summed E-state index contributed by atoms with van der Waals surface area (Å²) in [6.45, 7) is 0. The highest BCUT2D eigenvalue weighted by Crippen LogP contribution is 2.36. The van der Waals surface area contributed by atoms with Crippen LogP contribution >= 0.6 is 11.6 Å². The van der Waals surface area contributed by atoms with Crippen LogP contribution in [-0.4, -0.2) is 45.6 Å². The maximum atomic E-state index is 12.3. The molecule has 0 radical (unpaired) electrons. The zero-order valence-electron chi connectivity index (χ0n) is 12.0. The number of carbonyl (C=O) groups excluding carboxylic acids is 3. The van der Waals surface area contributed by atoms with Crippen LogP contribution in [0, 0.1) is 5.92 Å². The molecule has 1 aliphatic heterocycles. The fraction of sp³-hybridized carbons (Fsp3) is 0.333. The number of alkyl halides is 1. The van der Waals surface area contributed by atoms with Crippen LogP contribution in [0.2, 0.25) is 0 Å². The average molecular weight is 336 g/mol. The van der Waals surface area contributed by atoms with E-state index in [0.29, 0.717) is 24.0 Å². The molecule has 0 saturated heterocycles. The smallest absolute Gasteiger partial charge is 0.261 e. The Kier molecular flexibility index (Phi) is 4.04. The number of oxime groups is 1. The van der Waals surface area contributed by atoms with Crippen LogP contribution in [0.15, 0.2) is 29.4 Å². The Hall–Kier alpha value is -2.41. The minimum absolute atomic E-state index is 0.0270. The van der Waals surface area contributed by atoms with E-state index in [1.165, 1.54) is 4.90 Å². The number of benzene rings is 1. The number of rotatable bonds is 3. The Labute approximate surface area is 136 Å². The van der Waals surface area contributed by atoms with Crippen molar-refractivity contribution in [3.05, 3.63) is 35.4 Å². The fourth-order valence-corrected chi connectivity index (χ4v) is 3.00. The number of hydrogen-bond donors (Lipinski definition) is 2. The Morgan fingerprint density at radius 2 is 1.83 bits per heavy atom. The molecular weight excluding hydrogens is 322 g/mol. The molecular formula is C15H14ClN3O4. The summed E-state index contributed by atoms with van der Waals surface area (Å²) in [7, 11) is 0. The van der Waals surface area contributed by atoms with Gasteiger partial charge in [-0.3, -0.25) is 19.3 Å². The highest BCUT2D eigenvalue weighted by molar-refractivity contribution is 6.29. The van der Waals surface area contributed by atoms with Crippen LogP contribution in [0.25, 0.3) is 0 Å². The van der Waals surface area contributed by atoms with Gasteiger partial charge in [0.15, 0.2) is 5.84 Å². The maximum absolute atomic E-state index is 12.3. The fourth-order valence-electron chi connectivity index (χ4n) is 2.88. The van der Waals surface area contributed by atoms with Gasteiger partial charge in [0.2, 0.25) is 5.91 Å². The Morgan fingerprint density at radius 3 is 2.30 bits per heavy atom. The van der Waals surface area contributed by atoms with Crippen molar-refractivity contribution in [2.75, 3.05) is 5.88 Å². The van der Waals surface area contributed by atoms with Crippen molar-refractivity contribution in [3.63, 3.8) is 0 Å². The third-order valence-electron chi connectivity index (χ3n) is 4.19. The highest BCUT2D eigenvalue weighted by atomic mass is 35.5. The molecule has 0 atom stereocenters. The van der Waals surface area contributed by atoms with Gasteiger partial charge in [-0.05, 0) is 25.0 Å². The molecule has 1 aromatic rings. The van der Waals surface area contributed by atoms with Crippen LogP contribution in [-0.2, 0) is 4.79 Å². The van der Waals surface area contributed by atoms with E-state index in [1.54, 1.807) is 24.3 Å². The number of imide groups is 1. The number of nitrogens with one attached hydrogen (secondary N) is 1. The quantitative estimate of drug-likeness (QED) is 0.216. The Bertz CT molecular complexity index is 677. The van der Waals surface area contributed by atoms with Gasteiger partial charge in [-0.2, -0.15) is 0 Å². The van der Waals surface area contributed by atoms with E-state index in [1.807, 2.05) is 0 Å². The topological polar surface area (TPSA) is 99.1 Å². The Balaban J connectivity index is 1.64. The van der Waals surface area contributed by atoms with Gasteiger partial charge in [0, 0.05) is 12.0 Å². The molecule has 3 rings (SSSR count). The molecule has 0 bridgehead atoms. The number of halogens is 1. The molecule has 23 heavy (non-hydrogen) atoms. The Morgan fingerprint density at radius 1 is 1.26 bits per heavy atom. The van der Waals surface area contributed by atoms with Crippen molar-refractivity contribution in [3.8, 4) is 0 Å². The average Bonchev–Trinajstić information content (AvgIpc) is 2.77. The van der Waals surface area contributed by atoms with Crippen LogP contribution in [0.5, 0.6) is 0 Å². The van der Waals surface area contributed by atoms with Gasteiger partial charge in [-0.15, -0.1) is 11.6 Å². The van der Waals surface area contributed by atoms with Gasteiger partial charge in [0.05, 0.1) is 17.0 Å². The molecule has 2 N–H and O–H groups in total. The lowest BCUT2D eigenvalue weighted by Crippen LogP contribution is -2.52. The summed E-state index contributed by atoms with van der Waals surface area (Å²) in [5.74, 6) is -1.44. The largest absolute Gasteiger partial charge is 0.409 e. The van der Waals surface area contributed by atoms with Crippen LogP contribution in [0.3, 0.4) is 0 Å². The van der Waals surface area contributed by atoms with Crippen molar-refractivity contribution in [2.45, 2.75) is 18.9 Å². The first-order chi connectivity index (χ1) is 11.1. The third-order valence-corrected chi connectivity index (χ3v) is 4.44. The third kappa shape index (κ3) is 2.57. The van der Waals surface area contributed by atoms with Crippen LogP contribution in [0.4, 0.5) is 0 Å². The minimum Gasteiger partial charge on any atom is -0.409 e. The van der Waals surface area contributed by atoms with Gasteiger partial charge in [-0.25, -0.2) is 0 Å². The van der Waals surface area contributed by atoms with Gasteiger partial charge in [0.25, 0.3) is 11.8 Å². The molecule has 1 aliphatic carbocycles. The first-order valence-corrected chi connectivity index (χ1v) is 7.65. The summed E-state index contributed by atoms with van der Waals surface area (Å²) < 4.78 is 0. The molecule has 1 fully saturated rings. The molecule has 0 aromatic heterocycles. The number of nitrogens with zero attached hydrogens (tertiary/aromatic N) is 2. The standard InChI is InChI=1S/C15H14ClN3O4/c16-7-12(18-23)17-13(20)8-5-9(6-8)19-14(21)10-3-1-2-4-11(10)15(19)22/h1-4,8-9,23H,5-7H2,(H,17,18,20). The van der Waals surface area contributed by atoms with E-state index in [-0.39, 0.29) is 41.4 Å². The summed E-state index contributed by atoms with van der Waals surface area (Å²) in [6, 6.07) is 6.40. The molecule has 1 saturated carbocycles. The molecule has 3 amide bonds. The van der Waals surface area contributed by atoms with Crippen molar-refractivity contribution in [1.29, 1.82) is 0 Å². The molecule has 2 aliphatic rings. The molecule has 1 aromatic carbocycles. The lowest BCUT2D eigenvalue weighted by Gasteiger charge is -2.39. The second kappa shape index (κ2) is 6.00. The normalized spacial score (nSPS) is 23.5. The van der Waals surface area contributed by atoms with E-state index in [0.717, 1.165) is 0 Å². The molecule has 1 heterocycles. The van der Waals surface area contributed by atoms with E-state index in [9.17, 15) is 14.4 Å². The minimum atomic E-state index is -0.343. The van der Waals surface area contributed by atoms with E-state index >= 15 is 0 Å². The second-order valence-electron chi connectivity index (χ2n) is 5.52. The van der Waals surface area contributed by atoms with Crippen molar-refractivity contribution >= 4 is 35.2 Å². The molecule has 120 valence electrons. The number of hydrogen-bond acceptors (Lipinski definition) is 5. The summed E-state index contributed by atoms with van der Waals surface area (Å²) in [5.41, 5.74) is 0.810. The maximum Gasteiger partial charge on any atom is 0.261 e. The van der Waals surface area contributed by atoms with E-state index in [2.05, 4.69) is 10.5 Å². The number of fused-ring (bicyclic) bond motifs is 1. The number of amides is 3. The highest BCUT2D eigenvalue weighted by Gasteiger charge is 2.46. The SMILES string of the molecule is O=C(NC(CCl)=NO)C1CC(N2C(=O)c3ccccc3C2=O)C1. The molecule has 0 spiro atoms. The zero-order valence-corrected chi connectivity index (χ0v) is 12.8. The summed E-state index contributed by atoms with van der Waals surface area (Å²) in [5, 5.41) is 13.9. The van der Waals surface area contributed by atoms with Crippen LogP contribution < -0.4 is 5.32 Å². The van der Waals surface area contributed by atoms with Gasteiger partial charge in [-0.1, -0.05) is 17.3 Å². The van der Waals surface area contributed by atoms with Crippen LogP contribution in [0.1, 0.15) is 33.6 Å². The lowest BCUT2D eigenvalue weighted by molar-refractivity contribution is -0.127. The van der Waals surface area contributed by atoms with Crippen molar-refractivity contribution in [1.82, 2.24) is 10.2 Å². The number of amidine groups is 1. The predicted molar refractivity (Wildman–Crippen MR) is 81.5 cm³/mol. The summed E-state index contributed by atoms with van der Waals surface area (Å²) >= 11 is 5.50. The second-order valence-corrected chi connectivity index (χ2v) is 5.78. The molecule has 8 heteroatoms. The molecule has 0 unspecified atom stereocenters. The first-order valence-electron chi connectivity index (χ1n) is 7.11. The lowest BCUT2D eigenvalue weighted by atomic mass is 9.78. The van der Waals surface area contributed by atoms with Crippen molar-refractivity contribution < 1.29 is 19.6 Å². The summed E-state index contributed by atoms with van der Waals surface area (Å²) in [4.78, 5) is 37.8. The molecule has 7 nitrogen and oxygen atoms in total. The predicted octanol–water partition coefficient (Wildman–Crippen LogP) is 1.20. The monoisotopic (exact) mass is 335 g/mol. The van der Waals surface area contributed by atoms with E-state index in [4.69, 9.17) is 16.8 Å².